The van der Waals surface area contributed by atoms with Gasteiger partial charge in [0.15, 0.2) is 11.5 Å². The molecule has 7 nitrogen and oxygen atoms in total. The number of carbonyl (C=O) groups excluding carboxylic acids is 1. The van der Waals surface area contributed by atoms with Crippen LogP contribution in [0.15, 0.2) is 12.1 Å². The molecule has 2 fully saturated rings. The number of likely N-dealkylation sites (tertiary alicyclic amines) is 1. The first kappa shape index (κ1) is 23.7. The molecule has 1 aliphatic carbocycles. The minimum Gasteiger partial charge on any atom is -0.493 e. The van der Waals surface area contributed by atoms with E-state index in [9.17, 15) is 9.90 Å². The number of nitrogens with one attached hydrogen (secondary N) is 1. The van der Waals surface area contributed by atoms with Crippen LogP contribution in [-0.2, 0) is 4.79 Å². The van der Waals surface area contributed by atoms with Crippen LogP contribution in [0.1, 0.15) is 63.5 Å². The third-order valence-electron chi connectivity index (χ3n) is 6.90. The monoisotopic (exact) mass is 434 g/mol. The highest BCUT2D eigenvalue weighted by Crippen LogP contribution is 2.51. The van der Waals surface area contributed by atoms with Crippen molar-refractivity contribution in [2.75, 3.05) is 41.0 Å². The molecule has 3 atom stereocenters. The van der Waals surface area contributed by atoms with E-state index < -0.39 is 5.60 Å². The van der Waals surface area contributed by atoms with E-state index in [1.807, 2.05) is 12.1 Å². The molecule has 31 heavy (non-hydrogen) atoms. The Kier molecular flexibility index (Phi) is 8.06. The zero-order valence-electron chi connectivity index (χ0n) is 19.4. The number of carbonyl (C=O) groups is 1. The number of aliphatic hydroxyl groups is 1. The number of nitrogens with zero attached hydrogens (tertiary/aromatic N) is 1. The summed E-state index contributed by atoms with van der Waals surface area (Å²) in [4.78, 5) is 14.9. The van der Waals surface area contributed by atoms with Gasteiger partial charge in [0.05, 0.1) is 33.5 Å². The highest BCUT2D eigenvalue weighted by atomic mass is 16.5. The maximum atomic E-state index is 12.7. The number of fused-ring (bicyclic) bond motifs is 1. The van der Waals surface area contributed by atoms with Crippen molar-refractivity contribution >= 4 is 5.91 Å². The number of benzene rings is 1. The molecule has 0 spiro atoms. The van der Waals surface area contributed by atoms with Crippen LogP contribution in [0, 0.1) is 5.92 Å². The normalized spacial score (nSPS) is 26.1. The highest BCUT2D eigenvalue weighted by Gasteiger charge is 2.49. The van der Waals surface area contributed by atoms with Gasteiger partial charge in [0.1, 0.15) is 0 Å². The van der Waals surface area contributed by atoms with Crippen LogP contribution in [-0.4, -0.2) is 62.5 Å². The Bertz CT molecular complexity index is 730. The third kappa shape index (κ3) is 5.09. The molecule has 0 unspecified atom stereocenters. The Morgan fingerprint density at radius 2 is 1.87 bits per heavy atom. The quantitative estimate of drug-likeness (QED) is 0.581. The molecular formula is C24H38N2O5. The Morgan fingerprint density at radius 3 is 2.48 bits per heavy atom. The molecule has 1 saturated heterocycles. The van der Waals surface area contributed by atoms with Gasteiger partial charge in [0, 0.05) is 25.0 Å². The zero-order valence-corrected chi connectivity index (χ0v) is 19.4. The molecule has 0 radical (unpaired) electrons. The van der Waals surface area contributed by atoms with Crippen LogP contribution >= 0.6 is 0 Å². The summed E-state index contributed by atoms with van der Waals surface area (Å²) in [5.74, 6) is 1.82. The maximum absolute atomic E-state index is 12.7. The Balaban J connectivity index is 1.96. The van der Waals surface area contributed by atoms with Crippen molar-refractivity contribution < 1.29 is 24.1 Å². The third-order valence-corrected chi connectivity index (χ3v) is 6.90. The predicted octanol–water partition coefficient (Wildman–Crippen LogP) is 3.30. The molecule has 1 saturated carbocycles. The fraction of sp³-hybridized carbons (Fsp3) is 0.708. The van der Waals surface area contributed by atoms with Gasteiger partial charge in [-0.3, -0.25) is 9.69 Å². The minimum absolute atomic E-state index is 0.0344. The second-order valence-electron chi connectivity index (χ2n) is 8.78. The van der Waals surface area contributed by atoms with Crippen LogP contribution in [0.2, 0.25) is 0 Å². The minimum atomic E-state index is -0.696. The van der Waals surface area contributed by atoms with Gasteiger partial charge in [-0.25, -0.2) is 0 Å². The summed E-state index contributed by atoms with van der Waals surface area (Å²) in [6.45, 7) is 3.81. The number of amides is 1. The number of ether oxygens (including phenoxy) is 3. The van der Waals surface area contributed by atoms with Gasteiger partial charge >= 0.3 is 0 Å². The first-order valence-corrected chi connectivity index (χ1v) is 11.5. The molecule has 1 aliphatic heterocycles. The second-order valence-corrected chi connectivity index (χ2v) is 8.78. The maximum Gasteiger partial charge on any atom is 0.234 e. The van der Waals surface area contributed by atoms with Crippen LogP contribution in [0.3, 0.4) is 0 Å². The topological polar surface area (TPSA) is 80.3 Å². The average molecular weight is 435 g/mol. The Hall–Kier alpha value is -1.99. The standard InChI is InChI=1S/C24H38N2O5/c1-5-6-12-25-21(27)16-26-13-11-24(28)10-8-7-9-18(24)22(26)17-14-19(29-2)23(31-4)20(15-17)30-3/h14-15,18,22,28H,5-13,16H2,1-4H3,(H,25,27)/t18-,22+,24+/m0/s1. The van der Waals surface area contributed by atoms with E-state index in [2.05, 4.69) is 17.1 Å². The number of hydrogen-bond donors (Lipinski definition) is 2. The predicted molar refractivity (Wildman–Crippen MR) is 120 cm³/mol. The van der Waals surface area contributed by atoms with Gasteiger partial charge in [0.25, 0.3) is 0 Å². The molecular weight excluding hydrogens is 396 g/mol. The number of piperidine rings is 1. The van der Waals surface area contributed by atoms with Gasteiger partial charge in [-0.1, -0.05) is 26.2 Å². The molecule has 0 bridgehead atoms. The number of rotatable bonds is 9. The van der Waals surface area contributed by atoms with E-state index in [0.717, 1.165) is 44.1 Å². The number of hydrogen-bond acceptors (Lipinski definition) is 6. The summed E-state index contributed by atoms with van der Waals surface area (Å²) in [5.41, 5.74) is 0.291. The first-order chi connectivity index (χ1) is 15.0. The lowest BCUT2D eigenvalue weighted by Crippen LogP contribution is -2.56. The summed E-state index contributed by atoms with van der Waals surface area (Å²) >= 11 is 0. The van der Waals surface area contributed by atoms with Gasteiger partial charge in [0.2, 0.25) is 11.7 Å². The summed E-state index contributed by atoms with van der Waals surface area (Å²) in [6, 6.07) is 3.84. The van der Waals surface area contributed by atoms with E-state index in [-0.39, 0.29) is 17.9 Å². The summed E-state index contributed by atoms with van der Waals surface area (Å²) in [5, 5.41) is 14.5. The molecule has 3 rings (SSSR count). The van der Waals surface area contributed by atoms with Crippen molar-refractivity contribution in [2.24, 2.45) is 5.92 Å². The van der Waals surface area contributed by atoms with Crippen LogP contribution in [0.5, 0.6) is 17.2 Å². The molecule has 174 valence electrons. The van der Waals surface area contributed by atoms with Crippen LogP contribution < -0.4 is 19.5 Å². The van der Waals surface area contributed by atoms with Crippen molar-refractivity contribution in [3.63, 3.8) is 0 Å². The second kappa shape index (κ2) is 10.6. The molecule has 2 aliphatic rings. The fourth-order valence-corrected chi connectivity index (χ4v) is 5.28. The largest absolute Gasteiger partial charge is 0.493 e. The lowest BCUT2D eigenvalue weighted by atomic mass is 9.66. The van der Waals surface area contributed by atoms with Gasteiger partial charge in [-0.05, 0) is 43.4 Å². The van der Waals surface area contributed by atoms with E-state index >= 15 is 0 Å². The van der Waals surface area contributed by atoms with Crippen molar-refractivity contribution in [1.29, 1.82) is 0 Å². The van der Waals surface area contributed by atoms with Gasteiger partial charge in [-0.15, -0.1) is 0 Å². The van der Waals surface area contributed by atoms with E-state index in [4.69, 9.17) is 14.2 Å². The van der Waals surface area contributed by atoms with Crippen molar-refractivity contribution in [2.45, 2.75) is 63.5 Å². The molecule has 0 aromatic heterocycles. The first-order valence-electron chi connectivity index (χ1n) is 11.5. The number of methoxy groups -OCH3 is 3. The Morgan fingerprint density at radius 1 is 1.16 bits per heavy atom. The van der Waals surface area contributed by atoms with Crippen LogP contribution in [0.25, 0.3) is 0 Å². The fourth-order valence-electron chi connectivity index (χ4n) is 5.28. The molecule has 2 N–H and O–H groups in total. The van der Waals surface area contributed by atoms with Crippen molar-refractivity contribution in [3.8, 4) is 17.2 Å². The molecule has 7 heteroatoms. The molecule has 1 amide bonds. The Labute approximate surface area is 186 Å². The van der Waals surface area contributed by atoms with E-state index in [1.165, 1.54) is 0 Å². The van der Waals surface area contributed by atoms with Crippen molar-refractivity contribution in [3.05, 3.63) is 17.7 Å². The SMILES string of the molecule is CCCCNC(=O)CN1CC[C@]2(O)CCCC[C@H]2[C@H]1c1cc(OC)c(OC)c(OC)c1. The lowest BCUT2D eigenvalue weighted by molar-refractivity contribution is -0.137. The van der Waals surface area contributed by atoms with Gasteiger partial charge < -0.3 is 24.6 Å². The average Bonchev–Trinajstić information content (AvgIpc) is 2.78. The summed E-state index contributed by atoms with van der Waals surface area (Å²) < 4.78 is 16.7. The molecule has 1 aromatic rings. The number of unbranched alkanes of at least 4 members (excludes halogenated alkanes) is 1. The summed E-state index contributed by atoms with van der Waals surface area (Å²) in [7, 11) is 4.81. The molecule has 1 aromatic carbocycles. The smallest absolute Gasteiger partial charge is 0.234 e. The van der Waals surface area contributed by atoms with Crippen LogP contribution in [0.4, 0.5) is 0 Å². The van der Waals surface area contributed by atoms with Gasteiger partial charge in [-0.2, -0.15) is 0 Å². The lowest BCUT2D eigenvalue weighted by Gasteiger charge is -2.52. The molecule has 1 heterocycles. The zero-order chi connectivity index (χ0) is 22.4. The summed E-state index contributed by atoms with van der Waals surface area (Å²) in [6.07, 6.45) is 6.61. The van der Waals surface area contributed by atoms with E-state index in [0.29, 0.717) is 43.3 Å². The van der Waals surface area contributed by atoms with E-state index in [1.54, 1.807) is 21.3 Å². The highest BCUT2D eigenvalue weighted by molar-refractivity contribution is 5.78. The van der Waals surface area contributed by atoms with Crippen molar-refractivity contribution in [1.82, 2.24) is 10.2 Å².